The Morgan fingerprint density at radius 2 is 0.814 bits per heavy atom. The lowest BCUT2D eigenvalue weighted by Gasteiger charge is -2.25. The molecule has 0 aromatic rings. The van der Waals surface area contributed by atoms with Crippen LogP contribution in [0.1, 0.15) is 284 Å². The Bertz CT molecular complexity index is 1280. The Hall–Kier alpha value is -1.54. The fraction of sp³-hybridized carbons (Fsp3) is 0.852. The Morgan fingerprint density at radius 3 is 1.19 bits per heavy atom. The zero-order valence-electron chi connectivity index (χ0n) is 47.0. The van der Waals surface area contributed by atoms with E-state index in [9.17, 15) is 19.4 Å². The third-order valence-electron chi connectivity index (χ3n) is 13.5. The quantitative estimate of drug-likeness (QED) is 0.0243. The van der Waals surface area contributed by atoms with Crippen molar-refractivity contribution in [3.8, 4) is 0 Å². The molecule has 0 aliphatic rings. The number of allylic oxidation sites excluding steroid dienone is 7. The lowest BCUT2D eigenvalue weighted by Crippen LogP contribution is -2.45. The first-order valence-corrected chi connectivity index (χ1v) is 31.5. The van der Waals surface area contributed by atoms with Crippen LogP contribution in [0.5, 0.6) is 0 Å². The van der Waals surface area contributed by atoms with Gasteiger partial charge in [-0.2, -0.15) is 0 Å². The van der Waals surface area contributed by atoms with E-state index in [-0.39, 0.29) is 19.1 Å². The fourth-order valence-corrected chi connectivity index (χ4v) is 9.55. The smallest absolute Gasteiger partial charge is 0.387 e. The van der Waals surface area contributed by atoms with Gasteiger partial charge in [0.25, 0.3) is 0 Å². The first-order chi connectivity index (χ1) is 34.0. The molecule has 0 aromatic heterocycles. The molecule has 8 nitrogen and oxygen atoms in total. The van der Waals surface area contributed by atoms with Crippen molar-refractivity contribution in [3.63, 3.8) is 0 Å². The van der Waals surface area contributed by atoms with Gasteiger partial charge in [-0.1, -0.05) is 268 Å². The van der Waals surface area contributed by atoms with Crippen molar-refractivity contribution in [2.24, 2.45) is 0 Å². The van der Waals surface area contributed by atoms with E-state index in [1.165, 1.54) is 212 Å². The van der Waals surface area contributed by atoms with E-state index < -0.39 is 20.0 Å². The van der Waals surface area contributed by atoms with E-state index >= 15 is 0 Å². The zero-order valence-corrected chi connectivity index (χ0v) is 47.9. The third kappa shape index (κ3) is 54.2. The molecule has 0 bridgehead atoms. The Kier molecular flexibility index (Phi) is 51.2. The highest BCUT2D eigenvalue weighted by atomic mass is 31.2. The first kappa shape index (κ1) is 68.5. The predicted molar refractivity (Wildman–Crippen MR) is 304 cm³/mol. The summed E-state index contributed by atoms with van der Waals surface area (Å²) in [6, 6.07) is -0.846. The molecule has 0 radical (unpaired) electrons. The number of likely N-dealkylation sites (N-methyl/N-ethyl adjacent to an activating group) is 1. The molecule has 70 heavy (non-hydrogen) atoms. The van der Waals surface area contributed by atoms with Gasteiger partial charge < -0.3 is 19.8 Å². The normalized spacial score (nSPS) is 14.2. The standard InChI is InChI=1S/C61H117N2O6P/c1-6-8-10-12-14-16-18-20-22-23-24-25-26-27-28-29-30-31-32-33-34-35-36-37-38-39-41-43-45-47-49-51-53-55-61(65)62-59(58-69-70(66,67)68-57-56-63(3,4)5)60(64)54-52-50-48-46-44-42-40-21-19-17-15-13-11-9-7-2/h18,20,23-24,26-27,52,54,59-60,64H,6-17,19,21-22,25,28-51,53,55-58H2,1-5H3,(H-,62,65,66,67)/p+1/b20-18-,24-23-,27-26-,54-52+. The van der Waals surface area contributed by atoms with E-state index in [1.54, 1.807) is 6.08 Å². The number of hydrogen-bond acceptors (Lipinski definition) is 5. The van der Waals surface area contributed by atoms with Crippen LogP contribution in [0.4, 0.5) is 0 Å². The molecule has 1 amide bonds. The van der Waals surface area contributed by atoms with Gasteiger partial charge in [-0.3, -0.25) is 13.8 Å². The van der Waals surface area contributed by atoms with Crippen LogP contribution in [0.3, 0.4) is 0 Å². The van der Waals surface area contributed by atoms with Gasteiger partial charge in [0.1, 0.15) is 13.2 Å². The fourth-order valence-electron chi connectivity index (χ4n) is 8.82. The van der Waals surface area contributed by atoms with Crippen molar-refractivity contribution in [2.75, 3.05) is 40.9 Å². The summed E-state index contributed by atoms with van der Waals surface area (Å²) in [5.41, 5.74) is 0. The van der Waals surface area contributed by atoms with E-state index in [0.29, 0.717) is 17.4 Å². The molecule has 0 fully saturated rings. The second kappa shape index (κ2) is 52.3. The van der Waals surface area contributed by atoms with Crippen molar-refractivity contribution >= 4 is 13.7 Å². The van der Waals surface area contributed by atoms with Crippen molar-refractivity contribution in [1.82, 2.24) is 5.32 Å². The Balaban J connectivity index is 4.04. The molecule has 0 saturated carbocycles. The van der Waals surface area contributed by atoms with Crippen molar-refractivity contribution in [1.29, 1.82) is 0 Å². The Morgan fingerprint density at radius 1 is 0.486 bits per heavy atom. The van der Waals surface area contributed by atoms with Crippen LogP contribution in [0.25, 0.3) is 0 Å². The van der Waals surface area contributed by atoms with Crippen molar-refractivity contribution in [2.45, 2.75) is 296 Å². The maximum absolute atomic E-state index is 13.0. The summed E-state index contributed by atoms with van der Waals surface area (Å²) in [6.07, 6.45) is 69.3. The van der Waals surface area contributed by atoms with Gasteiger partial charge in [-0.05, 0) is 57.8 Å². The van der Waals surface area contributed by atoms with E-state index in [2.05, 4.69) is 55.6 Å². The largest absolute Gasteiger partial charge is 0.472 e. The SMILES string of the molecule is CCCCCCC/C=C\C/C=C\C/C=C\CCCCCCCCCCCCCCCCCCCCC(=O)NC(COP(=O)(O)OCC[N+](C)(C)C)C(O)/C=C/CCCCCCCCCCCCCCC. The molecule has 3 unspecified atom stereocenters. The highest BCUT2D eigenvalue weighted by Crippen LogP contribution is 2.43. The molecular weight excluding hydrogens is 888 g/mol. The lowest BCUT2D eigenvalue weighted by molar-refractivity contribution is -0.870. The van der Waals surface area contributed by atoms with Crippen molar-refractivity contribution in [3.05, 3.63) is 48.6 Å². The van der Waals surface area contributed by atoms with Crippen LogP contribution in [0.15, 0.2) is 48.6 Å². The van der Waals surface area contributed by atoms with Gasteiger partial charge in [-0.15, -0.1) is 0 Å². The summed E-state index contributed by atoms with van der Waals surface area (Å²) in [7, 11) is 1.58. The molecule has 0 aliphatic carbocycles. The van der Waals surface area contributed by atoms with Crippen LogP contribution in [-0.2, 0) is 18.4 Å². The van der Waals surface area contributed by atoms with Crippen LogP contribution >= 0.6 is 7.82 Å². The number of unbranched alkanes of at least 4 members (excludes halogenated alkanes) is 36. The number of hydrogen-bond donors (Lipinski definition) is 3. The predicted octanol–water partition coefficient (Wildman–Crippen LogP) is 18.3. The second-order valence-corrected chi connectivity index (χ2v) is 23.2. The molecular formula is C61H118N2O6P+. The summed E-state index contributed by atoms with van der Waals surface area (Å²) in [5.74, 6) is -0.174. The van der Waals surface area contributed by atoms with E-state index in [1.807, 2.05) is 27.2 Å². The van der Waals surface area contributed by atoms with Gasteiger partial charge in [0.05, 0.1) is 39.9 Å². The van der Waals surface area contributed by atoms with E-state index in [0.717, 1.165) is 51.4 Å². The number of amides is 1. The summed E-state index contributed by atoms with van der Waals surface area (Å²) >= 11 is 0. The number of carbonyl (C=O) groups excluding carboxylic acids is 1. The van der Waals surface area contributed by atoms with Crippen LogP contribution in [0.2, 0.25) is 0 Å². The number of phosphoric ester groups is 1. The summed E-state index contributed by atoms with van der Waals surface area (Å²) in [5, 5.41) is 13.9. The molecule has 0 rings (SSSR count). The molecule has 3 N–H and O–H groups in total. The highest BCUT2D eigenvalue weighted by molar-refractivity contribution is 7.47. The molecule has 0 spiro atoms. The molecule has 0 aromatic carbocycles. The third-order valence-corrected chi connectivity index (χ3v) is 14.5. The number of nitrogens with one attached hydrogen (secondary N) is 1. The number of nitrogens with zero attached hydrogens (tertiary/aromatic N) is 1. The number of aliphatic hydroxyl groups is 1. The minimum absolute atomic E-state index is 0.0622. The van der Waals surface area contributed by atoms with Gasteiger partial charge in [0.15, 0.2) is 0 Å². The van der Waals surface area contributed by atoms with Crippen molar-refractivity contribution < 1.29 is 32.9 Å². The van der Waals surface area contributed by atoms with E-state index in [4.69, 9.17) is 9.05 Å². The van der Waals surface area contributed by atoms with Gasteiger partial charge >= 0.3 is 7.82 Å². The number of carbonyl (C=O) groups is 1. The molecule has 0 saturated heterocycles. The summed E-state index contributed by atoms with van der Waals surface area (Å²) in [4.78, 5) is 23.3. The molecule has 3 atom stereocenters. The number of aliphatic hydroxyl groups excluding tert-OH is 1. The van der Waals surface area contributed by atoms with Gasteiger partial charge in [-0.25, -0.2) is 4.57 Å². The van der Waals surface area contributed by atoms with Gasteiger partial charge in [0.2, 0.25) is 5.91 Å². The molecule has 9 heteroatoms. The molecule has 412 valence electrons. The van der Waals surface area contributed by atoms with Crippen LogP contribution < -0.4 is 5.32 Å². The minimum atomic E-state index is -4.34. The summed E-state index contributed by atoms with van der Waals surface area (Å²) in [6.45, 7) is 4.83. The van der Waals surface area contributed by atoms with Crippen LogP contribution in [0, 0.1) is 0 Å². The maximum atomic E-state index is 13.0. The Labute approximate surface area is 435 Å². The first-order valence-electron chi connectivity index (χ1n) is 30.0. The van der Waals surface area contributed by atoms with Crippen LogP contribution in [-0.4, -0.2) is 73.4 Å². The maximum Gasteiger partial charge on any atom is 0.472 e. The number of quaternary nitrogens is 1. The lowest BCUT2D eigenvalue weighted by atomic mass is 10.0. The highest BCUT2D eigenvalue weighted by Gasteiger charge is 2.27. The average molecular weight is 1010 g/mol. The second-order valence-electron chi connectivity index (χ2n) is 21.7. The zero-order chi connectivity index (χ0) is 51.3. The minimum Gasteiger partial charge on any atom is -0.387 e. The monoisotopic (exact) mass is 1010 g/mol. The molecule has 0 heterocycles. The summed E-state index contributed by atoms with van der Waals surface area (Å²) < 4.78 is 23.7. The average Bonchev–Trinajstić information content (AvgIpc) is 3.32. The van der Waals surface area contributed by atoms with Gasteiger partial charge in [0, 0.05) is 6.42 Å². The number of rotatable bonds is 55. The molecule has 0 aliphatic heterocycles. The topological polar surface area (TPSA) is 105 Å². The number of phosphoric acid groups is 1.